The molecule has 0 saturated heterocycles. The van der Waals surface area contributed by atoms with Gasteiger partial charge in [0.25, 0.3) is 0 Å². The minimum Gasteiger partial charge on any atom is -0.179 e. The summed E-state index contributed by atoms with van der Waals surface area (Å²) in [4.78, 5) is 0. The lowest BCUT2D eigenvalue weighted by Crippen LogP contribution is -2.35. The Bertz CT molecular complexity index is 144. The maximum Gasteiger partial charge on any atom is -0.00954 e. The fourth-order valence-corrected chi connectivity index (χ4v) is 3.23. The largest absolute Gasteiger partial charge is 0.179 e. The third-order valence-electron chi connectivity index (χ3n) is 3.83. The van der Waals surface area contributed by atoms with Crippen LogP contribution in [0.15, 0.2) is 0 Å². The summed E-state index contributed by atoms with van der Waals surface area (Å²) in [7, 11) is 0. The zero-order chi connectivity index (χ0) is 9.84. The SMILES string of the molecule is CCC1CC(C)C1CC(C)CCS. The Morgan fingerprint density at radius 3 is 2.62 bits per heavy atom. The van der Waals surface area contributed by atoms with Crippen LogP contribution in [-0.2, 0) is 0 Å². The monoisotopic (exact) mass is 200 g/mol. The fraction of sp³-hybridized carbons (Fsp3) is 1.00. The number of thiol groups is 1. The van der Waals surface area contributed by atoms with E-state index in [0.717, 1.165) is 29.4 Å². The first-order valence-electron chi connectivity index (χ1n) is 5.79. The van der Waals surface area contributed by atoms with Crippen LogP contribution in [0.1, 0.15) is 46.5 Å². The highest BCUT2D eigenvalue weighted by atomic mass is 32.1. The quantitative estimate of drug-likeness (QED) is 0.637. The van der Waals surface area contributed by atoms with Gasteiger partial charge in [-0.3, -0.25) is 0 Å². The van der Waals surface area contributed by atoms with Crippen molar-refractivity contribution in [3.63, 3.8) is 0 Å². The molecular weight excluding hydrogens is 176 g/mol. The molecule has 1 heteroatoms. The van der Waals surface area contributed by atoms with Gasteiger partial charge in [0.15, 0.2) is 0 Å². The standard InChI is InChI=1S/C12H24S/c1-4-11-8-10(3)12(11)7-9(2)5-6-13/h9-13H,4-8H2,1-3H3. The zero-order valence-electron chi connectivity index (χ0n) is 9.29. The second-order valence-electron chi connectivity index (χ2n) is 4.90. The van der Waals surface area contributed by atoms with Gasteiger partial charge in [-0.2, -0.15) is 12.6 Å². The van der Waals surface area contributed by atoms with Crippen molar-refractivity contribution >= 4 is 12.6 Å². The normalized spacial score (nSPS) is 35.5. The Morgan fingerprint density at radius 1 is 1.46 bits per heavy atom. The molecule has 0 aromatic heterocycles. The van der Waals surface area contributed by atoms with Crippen molar-refractivity contribution in [3.05, 3.63) is 0 Å². The summed E-state index contributed by atoms with van der Waals surface area (Å²) in [5, 5.41) is 0. The number of rotatable bonds is 5. The smallest absolute Gasteiger partial charge is 0.00954 e. The molecule has 4 unspecified atom stereocenters. The van der Waals surface area contributed by atoms with Crippen LogP contribution in [0, 0.1) is 23.7 Å². The van der Waals surface area contributed by atoms with E-state index < -0.39 is 0 Å². The molecule has 0 nitrogen and oxygen atoms in total. The molecule has 0 bridgehead atoms. The average Bonchev–Trinajstić information content (AvgIpc) is 2.11. The lowest BCUT2D eigenvalue weighted by molar-refractivity contribution is 0.0598. The summed E-state index contributed by atoms with van der Waals surface area (Å²) in [5.74, 6) is 5.00. The van der Waals surface area contributed by atoms with Gasteiger partial charge in [0, 0.05) is 0 Å². The Labute approximate surface area is 88.9 Å². The second kappa shape index (κ2) is 5.29. The summed E-state index contributed by atoms with van der Waals surface area (Å²) >= 11 is 4.30. The molecular formula is C12H24S. The topological polar surface area (TPSA) is 0 Å². The van der Waals surface area contributed by atoms with Crippen LogP contribution in [0.4, 0.5) is 0 Å². The first-order chi connectivity index (χ1) is 6.19. The van der Waals surface area contributed by atoms with Gasteiger partial charge in [-0.1, -0.05) is 27.2 Å². The van der Waals surface area contributed by atoms with E-state index in [1.54, 1.807) is 0 Å². The maximum atomic E-state index is 4.30. The summed E-state index contributed by atoms with van der Waals surface area (Å²) < 4.78 is 0. The first-order valence-corrected chi connectivity index (χ1v) is 6.43. The molecule has 78 valence electrons. The summed E-state index contributed by atoms with van der Waals surface area (Å²) in [6.07, 6.45) is 5.61. The van der Waals surface area contributed by atoms with Gasteiger partial charge in [-0.05, 0) is 48.7 Å². The van der Waals surface area contributed by atoms with Crippen molar-refractivity contribution in [1.29, 1.82) is 0 Å². The predicted molar refractivity (Wildman–Crippen MR) is 63.3 cm³/mol. The van der Waals surface area contributed by atoms with Crippen molar-refractivity contribution < 1.29 is 0 Å². The molecule has 0 heterocycles. The van der Waals surface area contributed by atoms with Crippen LogP contribution in [0.5, 0.6) is 0 Å². The Balaban J connectivity index is 2.26. The van der Waals surface area contributed by atoms with Gasteiger partial charge in [0.05, 0.1) is 0 Å². The van der Waals surface area contributed by atoms with Crippen LogP contribution < -0.4 is 0 Å². The molecule has 4 atom stereocenters. The summed E-state index contributed by atoms with van der Waals surface area (Å²) in [5.41, 5.74) is 0. The predicted octanol–water partition coefficient (Wildman–Crippen LogP) is 4.01. The van der Waals surface area contributed by atoms with Crippen molar-refractivity contribution in [2.45, 2.75) is 46.5 Å². The summed E-state index contributed by atoms with van der Waals surface area (Å²) in [6, 6.07) is 0. The van der Waals surface area contributed by atoms with Gasteiger partial charge < -0.3 is 0 Å². The number of hydrogen-bond donors (Lipinski definition) is 1. The highest BCUT2D eigenvalue weighted by molar-refractivity contribution is 7.80. The molecule has 0 radical (unpaired) electrons. The van der Waals surface area contributed by atoms with Crippen LogP contribution in [0.2, 0.25) is 0 Å². The lowest BCUT2D eigenvalue weighted by atomic mass is 9.61. The van der Waals surface area contributed by atoms with Gasteiger partial charge in [-0.25, -0.2) is 0 Å². The van der Waals surface area contributed by atoms with Crippen LogP contribution in [0.25, 0.3) is 0 Å². The molecule has 1 saturated carbocycles. The van der Waals surface area contributed by atoms with Crippen molar-refractivity contribution in [2.75, 3.05) is 5.75 Å². The second-order valence-corrected chi connectivity index (χ2v) is 5.35. The molecule has 0 N–H and O–H groups in total. The van der Waals surface area contributed by atoms with E-state index in [1.807, 2.05) is 0 Å². The molecule has 13 heavy (non-hydrogen) atoms. The van der Waals surface area contributed by atoms with E-state index in [0.29, 0.717) is 0 Å². The molecule has 1 rings (SSSR count). The Morgan fingerprint density at radius 2 is 2.15 bits per heavy atom. The van der Waals surface area contributed by atoms with Gasteiger partial charge in [0.2, 0.25) is 0 Å². The average molecular weight is 200 g/mol. The maximum absolute atomic E-state index is 4.30. The van der Waals surface area contributed by atoms with E-state index in [4.69, 9.17) is 0 Å². The van der Waals surface area contributed by atoms with Gasteiger partial charge in [-0.15, -0.1) is 0 Å². The third kappa shape index (κ3) is 2.90. The number of hydrogen-bond acceptors (Lipinski definition) is 1. The molecule has 1 aliphatic rings. The van der Waals surface area contributed by atoms with Gasteiger partial charge in [0.1, 0.15) is 0 Å². The summed E-state index contributed by atoms with van der Waals surface area (Å²) in [6.45, 7) is 7.14. The molecule has 0 aromatic rings. The molecule has 0 spiro atoms. The van der Waals surface area contributed by atoms with E-state index in [9.17, 15) is 0 Å². The zero-order valence-corrected chi connectivity index (χ0v) is 10.2. The minimum absolute atomic E-state index is 0.888. The molecule has 1 aliphatic carbocycles. The van der Waals surface area contributed by atoms with E-state index in [-0.39, 0.29) is 0 Å². The van der Waals surface area contributed by atoms with Crippen LogP contribution in [-0.4, -0.2) is 5.75 Å². The third-order valence-corrected chi connectivity index (χ3v) is 4.09. The van der Waals surface area contributed by atoms with Crippen molar-refractivity contribution in [3.8, 4) is 0 Å². The fourth-order valence-electron chi connectivity index (χ4n) is 2.79. The highest BCUT2D eigenvalue weighted by Gasteiger charge is 2.36. The molecule has 0 aromatic carbocycles. The molecule has 0 amide bonds. The van der Waals surface area contributed by atoms with E-state index in [2.05, 4.69) is 33.4 Å². The van der Waals surface area contributed by atoms with Crippen LogP contribution >= 0.6 is 12.6 Å². The minimum atomic E-state index is 0.888. The first kappa shape index (κ1) is 11.4. The lowest BCUT2D eigenvalue weighted by Gasteiger charge is -2.44. The van der Waals surface area contributed by atoms with Crippen molar-refractivity contribution in [2.24, 2.45) is 23.7 Å². The molecule has 0 aliphatic heterocycles. The Hall–Kier alpha value is 0.350. The van der Waals surface area contributed by atoms with E-state index >= 15 is 0 Å². The van der Waals surface area contributed by atoms with Crippen LogP contribution in [0.3, 0.4) is 0 Å². The highest BCUT2D eigenvalue weighted by Crippen LogP contribution is 2.45. The van der Waals surface area contributed by atoms with Crippen molar-refractivity contribution in [1.82, 2.24) is 0 Å². The van der Waals surface area contributed by atoms with Gasteiger partial charge >= 0.3 is 0 Å². The van der Waals surface area contributed by atoms with E-state index in [1.165, 1.54) is 25.7 Å². The molecule has 1 fully saturated rings. The Kier molecular flexibility index (Phi) is 4.64.